The van der Waals surface area contributed by atoms with Gasteiger partial charge in [-0.05, 0) is 30.9 Å². The number of nitrogens with one attached hydrogen (secondary N) is 1. The summed E-state index contributed by atoms with van der Waals surface area (Å²) in [7, 11) is -4.58. The van der Waals surface area contributed by atoms with Gasteiger partial charge in [-0.2, -0.15) is 26.3 Å². The van der Waals surface area contributed by atoms with E-state index < -0.39 is 37.7 Å². The van der Waals surface area contributed by atoms with Gasteiger partial charge in [-0.3, -0.25) is 4.52 Å². The number of phosphoric acid groups is 1. The van der Waals surface area contributed by atoms with Crippen LogP contribution in [0, 0.1) is 0 Å². The molecule has 0 unspecified atom stereocenters. The van der Waals surface area contributed by atoms with E-state index in [9.17, 15) is 30.9 Å². The van der Waals surface area contributed by atoms with Crippen molar-refractivity contribution in [2.24, 2.45) is 5.73 Å². The van der Waals surface area contributed by atoms with Gasteiger partial charge in [0.05, 0.1) is 24.0 Å². The van der Waals surface area contributed by atoms with E-state index in [2.05, 4.69) is 33.5 Å². The van der Waals surface area contributed by atoms with Crippen LogP contribution in [0.5, 0.6) is 0 Å². The largest absolute Gasteiger partial charge is 0.490 e. The van der Waals surface area contributed by atoms with E-state index >= 15 is 0 Å². The van der Waals surface area contributed by atoms with Gasteiger partial charge in [0, 0.05) is 0 Å². The first-order valence-electron chi connectivity index (χ1n) is 12.3. The van der Waals surface area contributed by atoms with Gasteiger partial charge in [-0.1, -0.05) is 63.3 Å². The van der Waals surface area contributed by atoms with E-state index in [0.29, 0.717) is 5.82 Å². The van der Waals surface area contributed by atoms with Crippen molar-refractivity contribution in [3.8, 4) is 11.3 Å². The van der Waals surface area contributed by atoms with Crippen molar-refractivity contribution in [2.75, 3.05) is 6.61 Å². The van der Waals surface area contributed by atoms with Crippen LogP contribution in [0.25, 0.3) is 11.3 Å². The predicted octanol–water partition coefficient (Wildman–Crippen LogP) is 5.53. The Morgan fingerprint density at radius 3 is 1.81 bits per heavy atom. The van der Waals surface area contributed by atoms with Crippen LogP contribution in [0.3, 0.4) is 0 Å². The van der Waals surface area contributed by atoms with E-state index in [1.807, 2.05) is 12.1 Å². The van der Waals surface area contributed by atoms with Crippen molar-refractivity contribution in [3.05, 3.63) is 41.9 Å². The van der Waals surface area contributed by atoms with Gasteiger partial charge in [0.15, 0.2) is 0 Å². The van der Waals surface area contributed by atoms with E-state index in [0.717, 1.165) is 17.7 Å². The van der Waals surface area contributed by atoms with Crippen LogP contribution in [0.15, 0.2) is 30.5 Å². The molecule has 7 N–H and O–H groups in total. The average molecular weight is 638 g/mol. The molecule has 0 saturated heterocycles. The summed E-state index contributed by atoms with van der Waals surface area (Å²) in [6.45, 7) is 3.49. The van der Waals surface area contributed by atoms with Crippen LogP contribution < -0.4 is 5.73 Å². The van der Waals surface area contributed by atoms with Gasteiger partial charge >= 0.3 is 32.1 Å². The van der Waals surface area contributed by atoms with Crippen molar-refractivity contribution in [3.63, 3.8) is 0 Å². The second kappa shape index (κ2) is 17.2. The Morgan fingerprint density at radius 2 is 1.38 bits per heavy atom. The van der Waals surface area contributed by atoms with Gasteiger partial charge in [-0.15, -0.1) is 0 Å². The monoisotopic (exact) mass is 637 g/mol. The molecule has 0 radical (unpaired) electrons. The number of aromatic amines is 1. The second-order valence-electron chi connectivity index (χ2n) is 9.15. The summed E-state index contributed by atoms with van der Waals surface area (Å²) in [5.74, 6) is -5.10. The van der Waals surface area contributed by atoms with Crippen LogP contribution in [-0.2, 0) is 30.6 Å². The molecular weight excluding hydrogens is 603 g/mol. The first-order valence-corrected chi connectivity index (χ1v) is 13.9. The molecule has 0 bridgehead atoms. The van der Waals surface area contributed by atoms with Crippen LogP contribution in [-0.4, -0.2) is 60.9 Å². The fourth-order valence-electron chi connectivity index (χ4n) is 3.01. The molecule has 1 heterocycles. The number of hydrogen-bond acceptors (Lipinski definition) is 6. The summed E-state index contributed by atoms with van der Waals surface area (Å²) in [5, 5.41) is 14.2. The molecule has 2 rings (SSSR count). The highest BCUT2D eigenvalue weighted by atomic mass is 31.2. The molecule has 1 aromatic heterocycles. The number of aryl methyl sites for hydroxylation is 1. The summed E-state index contributed by atoms with van der Waals surface area (Å²) in [4.78, 5) is 42.9. The van der Waals surface area contributed by atoms with Gasteiger partial charge in [0.2, 0.25) is 0 Å². The lowest BCUT2D eigenvalue weighted by Crippen LogP contribution is -2.39. The number of aromatic nitrogens is 2. The van der Waals surface area contributed by atoms with Crippen LogP contribution in [0.2, 0.25) is 0 Å². The van der Waals surface area contributed by atoms with E-state index in [1.54, 1.807) is 13.1 Å². The van der Waals surface area contributed by atoms with Crippen LogP contribution in [0.4, 0.5) is 26.3 Å². The quantitative estimate of drug-likeness (QED) is 0.0978. The highest BCUT2D eigenvalue weighted by molar-refractivity contribution is 7.46. The number of nitrogens with two attached hydrogens (primary N) is 1. The molecule has 0 aliphatic heterocycles. The highest BCUT2D eigenvalue weighted by Gasteiger charge is 2.39. The SMILES string of the molecule is CCCCCCCCc1ccc(-c2cnc([C@](C)(N)COP(=O)(O)O)[nH]2)cc1.O=C(O)C(F)(F)F.O=C(O)C(F)(F)F. The number of rotatable bonds is 12. The molecule has 42 heavy (non-hydrogen) atoms. The normalized spacial score (nSPS) is 13.2. The molecule has 0 amide bonds. The zero-order valence-electron chi connectivity index (χ0n) is 22.7. The van der Waals surface area contributed by atoms with Gasteiger partial charge in [0.25, 0.3) is 0 Å². The minimum Gasteiger partial charge on any atom is -0.475 e. The third-order valence-electron chi connectivity index (χ3n) is 5.22. The number of halogens is 6. The highest BCUT2D eigenvalue weighted by Crippen LogP contribution is 2.37. The number of alkyl halides is 6. The zero-order chi connectivity index (χ0) is 32.8. The molecular formula is C24H34F6N3O8P. The number of aliphatic carboxylic acids is 2. The molecule has 1 atom stereocenters. The van der Waals surface area contributed by atoms with Gasteiger partial charge < -0.3 is 30.7 Å². The van der Waals surface area contributed by atoms with Crippen molar-refractivity contribution in [1.29, 1.82) is 0 Å². The Labute approximate surface area is 237 Å². The van der Waals surface area contributed by atoms with Crippen LogP contribution in [0.1, 0.15) is 63.8 Å². The number of nitrogens with zero attached hydrogens (tertiary/aromatic N) is 1. The minimum absolute atomic E-state index is 0.346. The van der Waals surface area contributed by atoms with Crippen molar-refractivity contribution >= 4 is 19.8 Å². The number of phosphoric ester groups is 1. The standard InChI is InChI=1S/C20H32N3O4P.2C2HF3O2/c1-3-4-5-6-7-8-9-16-10-12-17(13-11-16)18-14-22-19(23-18)20(2,21)15-27-28(24,25)26;2*3-2(4,5)1(6)7/h10-14H,3-9,15,21H2,1-2H3,(H,22,23)(H2,24,25,26);2*(H,6,7)/t20-;;/m1../s1. The zero-order valence-corrected chi connectivity index (χ0v) is 23.6. The Hall–Kier alpha value is -2.98. The van der Waals surface area contributed by atoms with E-state index in [-0.39, 0.29) is 6.61 Å². The molecule has 0 fully saturated rings. The Balaban J connectivity index is 0.000000990. The summed E-state index contributed by atoms with van der Waals surface area (Å²) < 4.78 is 78.9. The molecule has 18 heteroatoms. The molecule has 240 valence electrons. The average Bonchev–Trinajstić information content (AvgIpc) is 3.36. The first kappa shape index (κ1) is 39.0. The lowest BCUT2D eigenvalue weighted by atomic mass is 10.0. The third kappa shape index (κ3) is 17.1. The topological polar surface area (TPSA) is 196 Å². The van der Waals surface area contributed by atoms with Crippen molar-refractivity contribution in [2.45, 2.75) is 76.7 Å². The maximum atomic E-state index is 10.9. The smallest absolute Gasteiger partial charge is 0.475 e. The number of imidazole rings is 1. The summed E-state index contributed by atoms with van der Waals surface area (Å²) in [5.41, 5.74) is 8.06. The summed E-state index contributed by atoms with van der Waals surface area (Å²) in [6.07, 6.45) is 0.315. The number of carboxylic acid groups (broad SMARTS) is 2. The number of hydrogen-bond donors (Lipinski definition) is 6. The lowest BCUT2D eigenvalue weighted by Gasteiger charge is -2.22. The molecule has 11 nitrogen and oxygen atoms in total. The molecule has 2 aromatic rings. The minimum atomic E-state index is -5.08. The maximum Gasteiger partial charge on any atom is 0.490 e. The summed E-state index contributed by atoms with van der Waals surface area (Å²) in [6, 6.07) is 8.34. The van der Waals surface area contributed by atoms with Crippen molar-refractivity contribution in [1.82, 2.24) is 9.97 Å². The molecule has 0 aliphatic carbocycles. The van der Waals surface area contributed by atoms with E-state index in [1.165, 1.54) is 44.1 Å². The fourth-order valence-corrected chi connectivity index (χ4v) is 3.44. The number of H-pyrrole nitrogens is 1. The summed E-state index contributed by atoms with van der Waals surface area (Å²) >= 11 is 0. The van der Waals surface area contributed by atoms with Gasteiger partial charge in [0.1, 0.15) is 5.82 Å². The van der Waals surface area contributed by atoms with Crippen LogP contribution >= 0.6 is 7.82 Å². The fraction of sp³-hybridized carbons (Fsp3) is 0.542. The Morgan fingerprint density at radius 1 is 0.929 bits per heavy atom. The molecule has 0 saturated carbocycles. The number of unbranched alkanes of at least 4 members (excludes halogenated alkanes) is 5. The van der Waals surface area contributed by atoms with Gasteiger partial charge in [-0.25, -0.2) is 19.1 Å². The molecule has 1 aromatic carbocycles. The lowest BCUT2D eigenvalue weighted by molar-refractivity contribution is -0.193. The number of carbonyl (C=O) groups is 2. The predicted molar refractivity (Wildman–Crippen MR) is 138 cm³/mol. The second-order valence-corrected chi connectivity index (χ2v) is 10.4. The maximum absolute atomic E-state index is 10.9. The number of benzene rings is 1. The third-order valence-corrected chi connectivity index (χ3v) is 5.68. The Kier molecular flexibility index (Phi) is 16.0. The molecule has 0 aliphatic rings. The number of carboxylic acids is 2. The first-order chi connectivity index (χ1) is 19.1. The Bertz CT molecular complexity index is 1120. The van der Waals surface area contributed by atoms with E-state index in [4.69, 9.17) is 35.3 Å². The molecule has 0 spiro atoms. The van der Waals surface area contributed by atoms with Crippen molar-refractivity contribution < 1.29 is 65.0 Å².